The van der Waals surface area contributed by atoms with E-state index in [0.717, 1.165) is 12.8 Å². The second-order valence-corrected chi connectivity index (χ2v) is 4.36. The van der Waals surface area contributed by atoms with E-state index in [4.69, 9.17) is 4.74 Å². The summed E-state index contributed by atoms with van der Waals surface area (Å²) in [6.07, 6.45) is 2.21. The molecule has 0 spiro atoms. The third kappa shape index (κ3) is 2.51. The number of hydrogen-bond acceptors (Lipinski definition) is 3. The van der Waals surface area contributed by atoms with Crippen LogP contribution in [0.25, 0.3) is 0 Å². The van der Waals surface area contributed by atoms with Gasteiger partial charge in [-0.2, -0.15) is 0 Å². The number of aromatic amines is 1. The van der Waals surface area contributed by atoms with E-state index in [9.17, 15) is 9.59 Å². The molecule has 0 aromatic carbocycles. The Bertz CT molecular complexity index is 460. The first kappa shape index (κ1) is 10.9. The molecule has 1 aliphatic carbocycles. The lowest BCUT2D eigenvalue weighted by molar-refractivity contribution is 0.0294. The first-order valence-electron chi connectivity index (χ1n) is 5.48. The Morgan fingerprint density at radius 2 is 2.19 bits per heavy atom. The zero-order valence-electron chi connectivity index (χ0n) is 9.45. The summed E-state index contributed by atoms with van der Waals surface area (Å²) in [7, 11) is 0. The summed E-state index contributed by atoms with van der Waals surface area (Å²) in [6, 6.07) is 2.90. The van der Waals surface area contributed by atoms with Gasteiger partial charge in [0, 0.05) is 11.8 Å². The quantitative estimate of drug-likeness (QED) is 0.789. The predicted molar refractivity (Wildman–Crippen MR) is 59.4 cm³/mol. The van der Waals surface area contributed by atoms with Crippen LogP contribution < -0.4 is 5.56 Å². The van der Waals surface area contributed by atoms with E-state index in [1.807, 2.05) is 6.92 Å². The Hall–Kier alpha value is -1.58. The van der Waals surface area contributed by atoms with E-state index >= 15 is 0 Å². The van der Waals surface area contributed by atoms with Crippen molar-refractivity contribution < 1.29 is 9.53 Å². The van der Waals surface area contributed by atoms with Crippen LogP contribution in [0.2, 0.25) is 0 Å². The standard InChI is InChI=1S/C12H15NO3/c1-7-5-10(6-11(14)13-7)12(15)16-8(2)9-3-4-9/h5-6,8-9H,3-4H2,1-2H3,(H,13,14). The largest absolute Gasteiger partial charge is 0.459 e. The highest BCUT2D eigenvalue weighted by Gasteiger charge is 2.30. The summed E-state index contributed by atoms with van der Waals surface area (Å²) in [5.74, 6) is 0.0978. The molecule has 1 aliphatic rings. The van der Waals surface area contributed by atoms with Gasteiger partial charge in [0.2, 0.25) is 5.56 Å². The molecule has 0 saturated heterocycles. The van der Waals surface area contributed by atoms with Gasteiger partial charge >= 0.3 is 5.97 Å². The third-order valence-corrected chi connectivity index (χ3v) is 2.79. The van der Waals surface area contributed by atoms with Crippen molar-refractivity contribution in [3.05, 3.63) is 33.7 Å². The van der Waals surface area contributed by atoms with Crippen LogP contribution in [0.5, 0.6) is 0 Å². The van der Waals surface area contributed by atoms with Gasteiger partial charge in [-0.25, -0.2) is 4.79 Å². The Labute approximate surface area is 93.6 Å². The fourth-order valence-corrected chi connectivity index (χ4v) is 1.70. The number of ether oxygens (including phenoxy) is 1. The van der Waals surface area contributed by atoms with Gasteiger partial charge in [-0.15, -0.1) is 0 Å². The monoisotopic (exact) mass is 221 g/mol. The molecule has 86 valence electrons. The first-order valence-corrected chi connectivity index (χ1v) is 5.48. The fourth-order valence-electron chi connectivity index (χ4n) is 1.70. The Morgan fingerprint density at radius 3 is 2.75 bits per heavy atom. The molecule has 0 radical (unpaired) electrons. The molecule has 1 atom stereocenters. The number of pyridine rings is 1. The maximum atomic E-state index is 11.7. The number of esters is 1. The number of aromatic nitrogens is 1. The molecular formula is C12H15NO3. The Balaban J connectivity index is 2.10. The number of aryl methyl sites for hydroxylation is 1. The lowest BCUT2D eigenvalue weighted by Gasteiger charge is -2.11. The minimum Gasteiger partial charge on any atom is -0.459 e. The van der Waals surface area contributed by atoms with Gasteiger partial charge in [0.05, 0.1) is 5.56 Å². The minimum atomic E-state index is -0.409. The molecule has 0 bridgehead atoms. The van der Waals surface area contributed by atoms with Gasteiger partial charge in [-0.05, 0) is 38.7 Å². The normalized spacial score (nSPS) is 16.9. The van der Waals surface area contributed by atoms with Crippen molar-refractivity contribution in [1.29, 1.82) is 0 Å². The maximum absolute atomic E-state index is 11.7. The molecule has 1 saturated carbocycles. The molecule has 1 unspecified atom stereocenters. The number of H-pyrrole nitrogens is 1. The van der Waals surface area contributed by atoms with E-state index in [-0.39, 0.29) is 11.7 Å². The first-order chi connectivity index (χ1) is 7.56. The zero-order valence-corrected chi connectivity index (χ0v) is 9.45. The fraction of sp³-hybridized carbons (Fsp3) is 0.500. The Morgan fingerprint density at radius 1 is 1.50 bits per heavy atom. The van der Waals surface area contributed by atoms with Gasteiger partial charge < -0.3 is 9.72 Å². The predicted octanol–water partition coefficient (Wildman–Crippen LogP) is 1.64. The van der Waals surface area contributed by atoms with Crippen molar-refractivity contribution in [2.45, 2.75) is 32.8 Å². The van der Waals surface area contributed by atoms with Crippen LogP contribution in [0.4, 0.5) is 0 Å². The van der Waals surface area contributed by atoms with Crippen molar-refractivity contribution >= 4 is 5.97 Å². The molecular weight excluding hydrogens is 206 g/mol. The van der Waals surface area contributed by atoms with Crippen LogP contribution in [0.3, 0.4) is 0 Å². The molecule has 1 N–H and O–H groups in total. The average Bonchev–Trinajstić information content (AvgIpc) is 2.98. The van der Waals surface area contributed by atoms with Crippen molar-refractivity contribution in [3.8, 4) is 0 Å². The van der Waals surface area contributed by atoms with Crippen molar-refractivity contribution in [3.63, 3.8) is 0 Å². The highest BCUT2D eigenvalue weighted by atomic mass is 16.5. The molecule has 4 nitrogen and oxygen atoms in total. The van der Waals surface area contributed by atoms with Crippen LogP contribution in [0, 0.1) is 12.8 Å². The van der Waals surface area contributed by atoms with E-state index in [1.165, 1.54) is 6.07 Å². The lowest BCUT2D eigenvalue weighted by atomic mass is 10.2. The number of rotatable bonds is 3. The summed E-state index contributed by atoms with van der Waals surface area (Å²) in [5.41, 5.74) is 0.721. The van der Waals surface area contributed by atoms with Gasteiger partial charge in [0.25, 0.3) is 0 Å². The molecule has 16 heavy (non-hydrogen) atoms. The van der Waals surface area contributed by atoms with Crippen molar-refractivity contribution in [1.82, 2.24) is 4.98 Å². The van der Waals surface area contributed by atoms with Gasteiger partial charge in [0.1, 0.15) is 6.10 Å². The summed E-state index contributed by atoms with van der Waals surface area (Å²) in [5, 5.41) is 0. The molecule has 1 aromatic rings. The van der Waals surface area contributed by atoms with Crippen LogP contribution in [0.15, 0.2) is 16.9 Å². The summed E-state index contributed by atoms with van der Waals surface area (Å²) < 4.78 is 5.28. The summed E-state index contributed by atoms with van der Waals surface area (Å²) >= 11 is 0. The second kappa shape index (κ2) is 4.12. The molecule has 1 heterocycles. The molecule has 0 aliphatic heterocycles. The highest BCUT2D eigenvalue weighted by Crippen LogP contribution is 2.34. The Kier molecular flexibility index (Phi) is 2.81. The number of carbonyl (C=O) groups excluding carboxylic acids is 1. The smallest absolute Gasteiger partial charge is 0.338 e. The lowest BCUT2D eigenvalue weighted by Crippen LogP contribution is -2.19. The molecule has 2 rings (SSSR count). The van der Waals surface area contributed by atoms with Crippen molar-refractivity contribution in [2.24, 2.45) is 5.92 Å². The van der Waals surface area contributed by atoms with Gasteiger partial charge in [0.15, 0.2) is 0 Å². The second-order valence-electron chi connectivity index (χ2n) is 4.36. The third-order valence-electron chi connectivity index (χ3n) is 2.79. The summed E-state index contributed by atoms with van der Waals surface area (Å²) in [6.45, 7) is 3.64. The zero-order chi connectivity index (χ0) is 11.7. The van der Waals surface area contributed by atoms with Crippen LogP contribution in [0.1, 0.15) is 35.8 Å². The number of nitrogens with one attached hydrogen (secondary N) is 1. The van der Waals surface area contributed by atoms with Crippen LogP contribution >= 0.6 is 0 Å². The van der Waals surface area contributed by atoms with E-state index in [1.54, 1.807) is 13.0 Å². The molecule has 1 fully saturated rings. The van der Waals surface area contributed by atoms with E-state index in [2.05, 4.69) is 4.98 Å². The van der Waals surface area contributed by atoms with E-state index < -0.39 is 5.97 Å². The highest BCUT2D eigenvalue weighted by molar-refractivity contribution is 5.89. The molecule has 4 heteroatoms. The SMILES string of the molecule is Cc1cc(C(=O)OC(C)C2CC2)cc(=O)[nH]1. The maximum Gasteiger partial charge on any atom is 0.338 e. The summed E-state index contributed by atoms with van der Waals surface area (Å²) in [4.78, 5) is 25.5. The van der Waals surface area contributed by atoms with Gasteiger partial charge in [-0.1, -0.05) is 0 Å². The van der Waals surface area contributed by atoms with E-state index in [0.29, 0.717) is 17.2 Å². The van der Waals surface area contributed by atoms with Crippen LogP contribution in [-0.2, 0) is 4.74 Å². The molecule has 1 aromatic heterocycles. The average molecular weight is 221 g/mol. The number of carbonyl (C=O) groups is 1. The minimum absolute atomic E-state index is 0.0490. The topological polar surface area (TPSA) is 59.2 Å². The van der Waals surface area contributed by atoms with Crippen molar-refractivity contribution in [2.75, 3.05) is 0 Å². The van der Waals surface area contributed by atoms with Gasteiger partial charge in [-0.3, -0.25) is 4.79 Å². The molecule has 0 amide bonds. The van der Waals surface area contributed by atoms with Crippen LogP contribution in [-0.4, -0.2) is 17.1 Å². The number of hydrogen-bond donors (Lipinski definition) is 1.